The molecule has 2 saturated carbocycles. The monoisotopic (exact) mass is 522 g/mol. The molecular formula is C25H26N6O3S2. The predicted molar refractivity (Wildman–Crippen MR) is 139 cm³/mol. The second kappa shape index (κ2) is 7.90. The van der Waals surface area contributed by atoms with Gasteiger partial charge >= 0.3 is 0 Å². The number of nitrogens with one attached hydrogen (secondary N) is 2. The minimum atomic E-state index is -0.737. The molecule has 7 rings (SSSR count). The van der Waals surface area contributed by atoms with Crippen LogP contribution in [-0.2, 0) is 16.0 Å². The molecule has 0 bridgehead atoms. The highest BCUT2D eigenvalue weighted by atomic mass is 32.1. The Kier molecular flexibility index (Phi) is 4.93. The minimum absolute atomic E-state index is 0.0538. The topological polar surface area (TPSA) is 114 Å². The van der Waals surface area contributed by atoms with Gasteiger partial charge in [-0.1, -0.05) is 12.1 Å². The van der Waals surface area contributed by atoms with E-state index in [4.69, 9.17) is 24.4 Å². The molecule has 1 unspecified atom stereocenters. The Morgan fingerprint density at radius 3 is 2.86 bits per heavy atom. The molecule has 5 atom stereocenters. The number of hydrogen-bond acceptors (Lipinski definition) is 11. The number of aryl methyl sites for hydroxylation is 1. The predicted octanol–water partition coefficient (Wildman–Crippen LogP) is 4.20. The molecule has 36 heavy (non-hydrogen) atoms. The molecule has 4 heterocycles. The van der Waals surface area contributed by atoms with Crippen molar-refractivity contribution >= 4 is 44.7 Å². The van der Waals surface area contributed by atoms with E-state index in [0.717, 1.165) is 37.9 Å². The van der Waals surface area contributed by atoms with Gasteiger partial charge in [-0.2, -0.15) is 4.98 Å². The number of ether oxygens (including phenoxy) is 2. The van der Waals surface area contributed by atoms with Crippen LogP contribution >= 0.6 is 22.7 Å². The molecule has 1 saturated heterocycles. The Morgan fingerprint density at radius 2 is 2.06 bits per heavy atom. The maximum Gasteiger partial charge on any atom is 0.225 e. The third-order valence-corrected chi connectivity index (χ3v) is 9.10. The highest BCUT2D eigenvalue weighted by molar-refractivity contribution is 7.21. The average molecular weight is 523 g/mol. The average Bonchev–Trinajstić information content (AvgIpc) is 3.42. The fourth-order valence-corrected chi connectivity index (χ4v) is 7.38. The van der Waals surface area contributed by atoms with Gasteiger partial charge in [0.2, 0.25) is 5.95 Å². The quantitative estimate of drug-likeness (QED) is 0.343. The van der Waals surface area contributed by atoms with Gasteiger partial charge in [0.25, 0.3) is 0 Å². The van der Waals surface area contributed by atoms with Crippen LogP contribution in [0.15, 0.2) is 35.8 Å². The van der Waals surface area contributed by atoms with Crippen LogP contribution in [0, 0.1) is 12.8 Å². The van der Waals surface area contributed by atoms with Gasteiger partial charge in [0.1, 0.15) is 27.5 Å². The first kappa shape index (κ1) is 22.5. The number of benzene rings is 1. The lowest BCUT2D eigenvalue weighted by molar-refractivity contribution is -0.157. The summed E-state index contributed by atoms with van der Waals surface area (Å²) in [5, 5.41) is 21.4. The van der Waals surface area contributed by atoms with E-state index in [9.17, 15) is 5.11 Å². The van der Waals surface area contributed by atoms with Crippen LogP contribution in [0.1, 0.15) is 31.0 Å². The number of aromatic nitrogens is 4. The van der Waals surface area contributed by atoms with Crippen molar-refractivity contribution in [2.75, 3.05) is 10.6 Å². The van der Waals surface area contributed by atoms with E-state index in [1.165, 1.54) is 0 Å². The molecule has 4 aromatic rings. The Hall–Kier alpha value is -2.70. The van der Waals surface area contributed by atoms with Crippen LogP contribution in [0.4, 0.5) is 11.8 Å². The van der Waals surface area contributed by atoms with Gasteiger partial charge in [-0.25, -0.2) is 15.0 Å². The summed E-state index contributed by atoms with van der Waals surface area (Å²) in [4.78, 5) is 18.9. The number of thiazole rings is 2. The summed E-state index contributed by atoms with van der Waals surface area (Å²) >= 11 is 3.21. The summed E-state index contributed by atoms with van der Waals surface area (Å²) in [6.45, 7) is 6.34. The molecule has 2 aliphatic carbocycles. The number of nitrogens with zero attached hydrogens (tertiary/aromatic N) is 4. The van der Waals surface area contributed by atoms with Crippen molar-refractivity contribution < 1.29 is 14.6 Å². The van der Waals surface area contributed by atoms with Gasteiger partial charge in [-0.05, 0) is 39.3 Å². The molecule has 1 aliphatic heterocycles. The van der Waals surface area contributed by atoms with Crippen molar-refractivity contribution in [3.05, 3.63) is 46.5 Å². The lowest BCUT2D eigenvalue weighted by Crippen LogP contribution is -2.40. The molecule has 11 heteroatoms. The molecule has 0 amide bonds. The Bertz CT molecular complexity index is 1420. The van der Waals surface area contributed by atoms with Gasteiger partial charge in [0.05, 0.1) is 40.2 Å². The van der Waals surface area contributed by atoms with Crippen molar-refractivity contribution in [2.45, 2.75) is 63.4 Å². The number of aliphatic hydroxyl groups excluding tert-OH is 1. The van der Waals surface area contributed by atoms with E-state index in [2.05, 4.69) is 21.7 Å². The van der Waals surface area contributed by atoms with E-state index in [0.29, 0.717) is 18.3 Å². The fraction of sp³-hybridized carbons (Fsp3) is 0.440. The molecule has 1 spiro atoms. The fourth-order valence-electron chi connectivity index (χ4n) is 5.76. The number of hydrogen-bond donors (Lipinski definition) is 3. The van der Waals surface area contributed by atoms with E-state index >= 15 is 0 Å². The van der Waals surface area contributed by atoms with Crippen LogP contribution in [0.3, 0.4) is 0 Å². The van der Waals surface area contributed by atoms with Crippen LogP contribution in [0.2, 0.25) is 0 Å². The van der Waals surface area contributed by atoms with Crippen molar-refractivity contribution in [1.82, 2.24) is 19.9 Å². The van der Waals surface area contributed by atoms with E-state index in [1.807, 2.05) is 44.4 Å². The molecular weight excluding hydrogens is 496 g/mol. The molecule has 1 aromatic carbocycles. The lowest BCUT2D eigenvalue weighted by Gasteiger charge is -2.26. The van der Waals surface area contributed by atoms with Crippen LogP contribution in [0.5, 0.6) is 0 Å². The molecule has 3 fully saturated rings. The SMILES string of the molecule is Cc1nc(NCc2nccs2)nc(N[C@@H]2C[C@@H]3C(O)[C@@]34OC(C)(C)O[C@@H]24)c1-c1nc2ccccc2s1. The summed E-state index contributed by atoms with van der Waals surface area (Å²) < 4.78 is 13.6. The smallest absolute Gasteiger partial charge is 0.225 e. The molecule has 0 radical (unpaired) electrons. The van der Waals surface area contributed by atoms with Gasteiger partial charge < -0.3 is 25.2 Å². The molecule has 9 nitrogen and oxygen atoms in total. The summed E-state index contributed by atoms with van der Waals surface area (Å²) in [6, 6.07) is 8.05. The van der Waals surface area contributed by atoms with E-state index in [-0.39, 0.29) is 18.1 Å². The van der Waals surface area contributed by atoms with Crippen molar-refractivity contribution in [3.8, 4) is 10.6 Å². The van der Waals surface area contributed by atoms with Crippen LogP contribution in [-0.4, -0.2) is 54.7 Å². The lowest BCUT2D eigenvalue weighted by atomic mass is 10.1. The zero-order chi connectivity index (χ0) is 24.7. The van der Waals surface area contributed by atoms with E-state index in [1.54, 1.807) is 28.9 Å². The minimum Gasteiger partial charge on any atom is -0.390 e. The van der Waals surface area contributed by atoms with Gasteiger partial charge in [0, 0.05) is 17.5 Å². The summed E-state index contributed by atoms with van der Waals surface area (Å²) in [5.74, 6) is 0.543. The Morgan fingerprint density at radius 1 is 1.19 bits per heavy atom. The van der Waals surface area contributed by atoms with Crippen molar-refractivity contribution in [3.63, 3.8) is 0 Å². The second-order valence-electron chi connectivity index (χ2n) is 10.1. The summed E-state index contributed by atoms with van der Waals surface area (Å²) in [6.07, 6.45) is 1.77. The second-order valence-corrected chi connectivity index (χ2v) is 12.1. The number of fused-ring (bicyclic) bond motifs is 1. The van der Waals surface area contributed by atoms with E-state index < -0.39 is 17.5 Å². The number of rotatable bonds is 6. The maximum atomic E-state index is 10.6. The normalized spacial score (nSPS) is 29.8. The Balaban J connectivity index is 1.26. The van der Waals surface area contributed by atoms with Crippen molar-refractivity contribution in [2.24, 2.45) is 5.92 Å². The van der Waals surface area contributed by atoms with Crippen LogP contribution < -0.4 is 10.6 Å². The van der Waals surface area contributed by atoms with Gasteiger partial charge in [0.15, 0.2) is 5.79 Å². The molecule has 3 aliphatic rings. The summed E-state index contributed by atoms with van der Waals surface area (Å²) in [5.41, 5.74) is 2.03. The summed E-state index contributed by atoms with van der Waals surface area (Å²) in [7, 11) is 0. The highest BCUT2D eigenvalue weighted by Crippen LogP contribution is 2.65. The zero-order valence-corrected chi connectivity index (χ0v) is 21.7. The third-order valence-electron chi connectivity index (χ3n) is 7.27. The van der Waals surface area contributed by atoms with Crippen LogP contribution in [0.25, 0.3) is 20.8 Å². The third kappa shape index (κ3) is 3.45. The number of anilines is 2. The zero-order valence-electron chi connectivity index (χ0n) is 20.1. The van der Waals surface area contributed by atoms with Gasteiger partial charge in [-0.3, -0.25) is 0 Å². The molecule has 3 N–H and O–H groups in total. The Labute approximate surface area is 216 Å². The maximum absolute atomic E-state index is 10.6. The number of aliphatic hydroxyl groups is 1. The number of para-hydroxylation sites is 1. The highest BCUT2D eigenvalue weighted by Gasteiger charge is 2.81. The van der Waals surface area contributed by atoms with Crippen molar-refractivity contribution in [1.29, 1.82) is 0 Å². The first-order valence-electron chi connectivity index (χ1n) is 12.0. The molecule has 3 aromatic heterocycles. The van der Waals surface area contributed by atoms with Gasteiger partial charge in [-0.15, -0.1) is 22.7 Å². The largest absolute Gasteiger partial charge is 0.390 e. The first-order valence-corrected chi connectivity index (χ1v) is 13.7. The standard InChI is InChI=1S/C25H26N6O3S2/c1-12-18(22-30-14-6-4-5-7-16(14)36-22)21(31-23(28-12)27-11-17-26-8-9-35-17)29-15-10-13-19(32)25(13)20(15)33-24(2,3)34-25/h4-9,13,15,19-20,32H,10-11H2,1-3H3,(H2,27,28,29,31)/t13-,15-,19?,20+,25+/m1/s1. The molecule has 186 valence electrons. The first-order chi connectivity index (χ1) is 17.3.